The second kappa shape index (κ2) is 3.35. The Bertz CT molecular complexity index is 144. The van der Waals surface area contributed by atoms with E-state index >= 15 is 0 Å². The number of rotatable bonds is 1. The van der Waals surface area contributed by atoms with E-state index in [9.17, 15) is 0 Å². The van der Waals surface area contributed by atoms with Gasteiger partial charge in [-0.2, -0.15) is 0 Å². The summed E-state index contributed by atoms with van der Waals surface area (Å²) in [5, 5.41) is 0. The van der Waals surface area contributed by atoms with Crippen LogP contribution in [0.15, 0.2) is 0 Å². The summed E-state index contributed by atoms with van der Waals surface area (Å²) in [5.74, 6) is 0.812. The molecule has 0 aromatic heterocycles. The molecule has 2 heterocycles. The van der Waals surface area contributed by atoms with Crippen molar-refractivity contribution in [2.75, 3.05) is 20.2 Å². The summed E-state index contributed by atoms with van der Waals surface area (Å²) < 4.78 is 5.71. The number of hydrogen-bond acceptors (Lipinski definition) is 2. The van der Waals surface area contributed by atoms with Gasteiger partial charge in [0.05, 0.1) is 6.10 Å². The van der Waals surface area contributed by atoms with Gasteiger partial charge < -0.3 is 9.64 Å². The molecule has 0 bridgehead atoms. The summed E-state index contributed by atoms with van der Waals surface area (Å²) in [7, 11) is 2.22. The lowest BCUT2D eigenvalue weighted by molar-refractivity contribution is 0.0666. The maximum absolute atomic E-state index is 5.71. The van der Waals surface area contributed by atoms with E-state index in [-0.39, 0.29) is 0 Å². The Hall–Kier alpha value is -0.0800. The zero-order chi connectivity index (χ0) is 8.55. The minimum atomic E-state index is 0.581. The first-order chi connectivity index (χ1) is 5.77. The van der Waals surface area contributed by atoms with Gasteiger partial charge in [0.1, 0.15) is 0 Å². The quantitative estimate of drug-likeness (QED) is 0.590. The van der Waals surface area contributed by atoms with E-state index in [1.165, 1.54) is 25.8 Å². The molecule has 12 heavy (non-hydrogen) atoms. The van der Waals surface area contributed by atoms with E-state index in [4.69, 9.17) is 4.74 Å². The smallest absolute Gasteiger partial charge is 0.0616 e. The molecule has 0 aromatic rings. The minimum absolute atomic E-state index is 0.581. The Morgan fingerprint density at radius 2 is 2.25 bits per heavy atom. The highest BCUT2D eigenvalue weighted by Crippen LogP contribution is 2.30. The van der Waals surface area contributed by atoms with Crippen LogP contribution in [0.5, 0.6) is 0 Å². The van der Waals surface area contributed by atoms with Crippen molar-refractivity contribution >= 4 is 0 Å². The van der Waals surface area contributed by atoms with E-state index in [1.807, 2.05) is 0 Å². The van der Waals surface area contributed by atoms with Crippen molar-refractivity contribution in [3.05, 3.63) is 0 Å². The Morgan fingerprint density at radius 3 is 2.75 bits per heavy atom. The summed E-state index contributed by atoms with van der Waals surface area (Å²) in [5.41, 5.74) is 0. The van der Waals surface area contributed by atoms with Gasteiger partial charge in [0.15, 0.2) is 0 Å². The van der Waals surface area contributed by atoms with Crippen LogP contribution < -0.4 is 0 Å². The SMILES string of the molecule is C[C@@H]1C[C@H](C2CCCO2)CN1C. The lowest BCUT2D eigenvalue weighted by Gasteiger charge is -2.16. The highest BCUT2D eigenvalue weighted by Gasteiger charge is 2.34. The maximum atomic E-state index is 5.71. The second-order valence-corrected chi connectivity index (χ2v) is 4.34. The summed E-state index contributed by atoms with van der Waals surface area (Å²) in [6, 6.07) is 0.763. The van der Waals surface area contributed by atoms with Gasteiger partial charge in [0.2, 0.25) is 0 Å². The summed E-state index contributed by atoms with van der Waals surface area (Å²) >= 11 is 0. The van der Waals surface area contributed by atoms with Crippen LogP contribution in [-0.4, -0.2) is 37.2 Å². The first kappa shape index (κ1) is 8.52. The number of hydrogen-bond donors (Lipinski definition) is 0. The predicted molar refractivity (Wildman–Crippen MR) is 49.2 cm³/mol. The van der Waals surface area contributed by atoms with E-state index in [1.54, 1.807) is 0 Å². The number of nitrogens with zero attached hydrogens (tertiary/aromatic N) is 1. The molecule has 2 nitrogen and oxygen atoms in total. The molecule has 0 N–H and O–H groups in total. The van der Waals surface area contributed by atoms with Gasteiger partial charge in [-0.15, -0.1) is 0 Å². The van der Waals surface area contributed by atoms with Crippen LogP contribution >= 0.6 is 0 Å². The Balaban J connectivity index is 1.89. The summed E-state index contributed by atoms with van der Waals surface area (Å²) in [6.07, 6.45) is 4.49. The van der Waals surface area contributed by atoms with Crippen molar-refractivity contribution in [3.8, 4) is 0 Å². The van der Waals surface area contributed by atoms with E-state index in [2.05, 4.69) is 18.9 Å². The van der Waals surface area contributed by atoms with Gasteiger partial charge in [0.25, 0.3) is 0 Å². The van der Waals surface area contributed by atoms with Crippen LogP contribution in [0, 0.1) is 5.92 Å². The third-order valence-electron chi connectivity index (χ3n) is 3.41. The summed E-state index contributed by atoms with van der Waals surface area (Å²) in [4.78, 5) is 2.45. The average Bonchev–Trinajstić information content (AvgIpc) is 2.61. The van der Waals surface area contributed by atoms with Crippen LogP contribution in [0.4, 0.5) is 0 Å². The van der Waals surface area contributed by atoms with Crippen molar-refractivity contribution in [1.29, 1.82) is 0 Å². The molecular formula is C10H19NO. The fourth-order valence-corrected chi connectivity index (χ4v) is 2.49. The number of ether oxygens (including phenoxy) is 1. The zero-order valence-corrected chi connectivity index (χ0v) is 8.12. The molecule has 0 aliphatic carbocycles. The van der Waals surface area contributed by atoms with Gasteiger partial charge in [-0.05, 0) is 39.2 Å². The van der Waals surface area contributed by atoms with Gasteiger partial charge in [-0.1, -0.05) is 0 Å². The van der Waals surface area contributed by atoms with E-state index in [0.29, 0.717) is 6.10 Å². The topological polar surface area (TPSA) is 12.5 Å². The van der Waals surface area contributed by atoms with Crippen molar-refractivity contribution in [2.24, 2.45) is 5.92 Å². The monoisotopic (exact) mass is 169 g/mol. The van der Waals surface area contributed by atoms with Crippen LogP contribution in [0.25, 0.3) is 0 Å². The highest BCUT2D eigenvalue weighted by molar-refractivity contribution is 4.86. The van der Waals surface area contributed by atoms with E-state index < -0.39 is 0 Å². The molecule has 0 aromatic carbocycles. The molecule has 3 atom stereocenters. The van der Waals surface area contributed by atoms with Crippen molar-refractivity contribution in [3.63, 3.8) is 0 Å². The zero-order valence-electron chi connectivity index (χ0n) is 8.12. The predicted octanol–water partition coefficient (Wildman–Crippen LogP) is 1.51. The molecule has 2 aliphatic rings. The van der Waals surface area contributed by atoms with Gasteiger partial charge in [-0.3, -0.25) is 0 Å². The van der Waals surface area contributed by atoms with Crippen LogP contribution in [0.1, 0.15) is 26.2 Å². The molecule has 2 rings (SSSR count). The van der Waals surface area contributed by atoms with Crippen molar-refractivity contribution in [2.45, 2.75) is 38.3 Å². The molecule has 2 saturated heterocycles. The third kappa shape index (κ3) is 1.50. The van der Waals surface area contributed by atoms with E-state index in [0.717, 1.165) is 18.6 Å². The highest BCUT2D eigenvalue weighted by atomic mass is 16.5. The fraction of sp³-hybridized carbons (Fsp3) is 1.00. The number of likely N-dealkylation sites (tertiary alicyclic amines) is 1. The fourth-order valence-electron chi connectivity index (χ4n) is 2.49. The Kier molecular flexibility index (Phi) is 2.37. The van der Waals surface area contributed by atoms with Crippen molar-refractivity contribution in [1.82, 2.24) is 4.90 Å². The molecule has 70 valence electrons. The first-order valence-corrected chi connectivity index (χ1v) is 5.09. The van der Waals surface area contributed by atoms with Crippen LogP contribution in [0.2, 0.25) is 0 Å². The van der Waals surface area contributed by atoms with Gasteiger partial charge in [-0.25, -0.2) is 0 Å². The Labute approximate surface area is 74.9 Å². The standard InChI is InChI=1S/C10H19NO/c1-8-6-9(7-11(8)2)10-4-3-5-12-10/h8-10H,3-7H2,1-2H3/t8-,9+,10?/m1/s1. The second-order valence-electron chi connectivity index (χ2n) is 4.34. The molecule has 1 unspecified atom stereocenters. The molecule has 2 aliphatic heterocycles. The molecular weight excluding hydrogens is 150 g/mol. The molecule has 2 heteroatoms. The molecule has 0 amide bonds. The maximum Gasteiger partial charge on any atom is 0.0616 e. The van der Waals surface area contributed by atoms with Crippen molar-refractivity contribution < 1.29 is 4.74 Å². The molecule has 0 spiro atoms. The van der Waals surface area contributed by atoms with Gasteiger partial charge >= 0.3 is 0 Å². The summed E-state index contributed by atoms with van der Waals surface area (Å²) in [6.45, 7) is 4.56. The van der Waals surface area contributed by atoms with Gasteiger partial charge in [0, 0.05) is 19.2 Å². The lowest BCUT2D eigenvalue weighted by atomic mass is 9.97. The first-order valence-electron chi connectivity index (χ1n) is 5.09. The third-order valence-corrected chi connectivity index (χ3v) is 3.41. The largest absolute Gasteiger partial charge is 0.378 e. The minimum Gasteiger partial charge on any atom is -0.378 e. The lowest BCUT2D eigenvalue weighted by Crippen LogP contribution is -2.24. The Morgan fingerprint density at radius 1 is 1.42 bits per heavy atom. The molecule has 0 saturated carbocycles. The molecule has 0 radical (unpaired) electrons. The average molecular weight is 169 g/mol. The van der Waals surface area contributed by atoms with Crippen LogP contribution in [-0.2, 0) is 4.74 Å². The van der Waals surface area contributed by atoms with Crippen LogP contribution in [0.3, 0.4) is 0 Å². The normalized spacial score (nSPS) is 44.0. The molecule has 2 fully saturated rings.